The van der Waals surface area contributed by atoms with E-state index in [1.165, 1.54) is 22.4 Å². The fraction of sp³-hybridized carbons (Fsp3) is 0.444. The van der Waals surface area contributed by atoms with Crippen molar-refractivity contribution in [2.24, 2.45) is 12.0 Å². The maximum absolute atomic E-state index is 4.46. The molecular formula is C18H27N5. The summed E-state index contributed by atoms with van der Waals surface area (Å²) in [5.41, 5.74) is 6.18. The SMILES string of the molecule is CN=C(NCCc1c(C)nn(C)c1C)NCc1cccc(C)c1. The molecule has 0 atom stereocenters. The Bertz CT molecular complexity index is 685. The lowest BCUT2D eigenvalue weighted by Gasteiger charge is -2.12. The summed E-state index contributed by atoms with van der Waals surface area (Å²) in [4.78, 5) is 4.28. The predicted octanol–water partition coefficient (Wildman–Crippen LogP) is 2.25. The zero-order chi connectivity index (χ0) is 16.8. The summed E-state index contributed by atoms with van der Waals surface area (Å²) in [6.07, 6.45) is 0.941. The van der Waals surface area contributed by atoms with Crippen molar-refractivity contribution in [3.8, 4) is 0 Å². The fourth-order valence-corrected chi connectivity index (χ4v) is 2.71. The molecule has 0 aliphatic carbocycles. The maximum Gasteiger partial charge on any atom is 0.191 e. The lowest BCUT2D eigenvalue weighted by molar-refractivity contribution is 0.729. The average molecular weight is 313 g/mol. The first kappa shape index (κ1) is 17.1. The molecule has 0 aliphatic heterocycles. The molecule has 0 amide bonds. The summed E-state index contributed by atoms with van der Waals surface area (Å²) in [6, 6.07) is 8.49. The van der Waals surface area contributed by atoms with Crippen LogP contribution in [0.15, 0.2) is 29.3 Å². The Morgan fingerprint density at radius 1 is 1.22 bits per heavy atom. The number of rotatable bonds is 5. The highest BCUT2D eigenvalue weighted by molar-refractivity contribution is 5.79. The summed E-state index contributed by atoms with van der Waals surface area (Å²) >= 11 is 0. The van der Waals surface area contributed by atoms with Gasteiger partial charge < -0.3 is 10.6 Å². The van der Waals surface area contributed by atoms with Gasteiger partial charge in [0, 0.05) is 32.9 Å². The molecule has 0 unspecified atom stereocenters. The lowest BCUT2D eigenvalue weighted by Crippen LogP contribution is -2.37. The third-order valence-electron chi connectivity index (χ3n) is 4.09. The molecule has 0 spiro atoms. The first-order valence-electron chi connectivity index (χ1n) is 8.00. The molecule has 0 bridgehead atoms. The van der Waals surface area contributed by atoms with Gasteiger partial charge in [0.1, 0.15) is 0 Å². The summed E-state index contributed by atoms with van der Waals surface area (Å²) in [5, 5.41) is 11.2. The lowest BCUT2D eigenvalue weighted by atomic mass is 10.1. The first-order chi connectivity index (χ1) is 11.0. The predicted molar refractivity (Wildman–Crippen MR) is 95.8 cm³/mol. The number of nitrogens with zero attached hydrogens (tertiary/aromatic N) is 3. The van der Waals surface area contributed by atoms with Gasteiger partial charge in [-0.2, -0.15) is 5.10 Å². The van der Waals surface area contributed by atoms with E-state index in [0.717, 1.165) is 31.2 Å². The zero-order valence-corrected chi connectivity index (χ0v) is 14.8. The van der Waals surface area contributed by atoms with E-state index in [4.69, 9.17) is 0 Å². The Hall–Kier alpha value is -2.30. The van der Waals surface area contributed by atoms with Crippen molar-refractivity contribution in [2.75, 3.05) is 13.6 Å². The molecule has 1 aromatic carbocycles. The smallest absolute Gasteiger partial charge is 0.191 e. The monoisotopic (exact) mass is 313 g/mol. The van der Waals surface area contributed by atoms with E-state index >= 15 is 0 Å². The third kappa shape index (κ3) is 4.58. The molecular weight excluding hydrogens is 286 g/mol. The minimum Gasteiger partial charge on any atom is -0.356 e. The number of hydrogen-bond donors (Lipinski definition) is 2. The van der Waals surface area contributed by atoms with Crippen LogP contribution in [0, 0.1) is 20.8 Å². The third-order valence-corrected chi connectivity index (χ3v) is 4.09. The van der Waals surface area contributed by atoms with Crippen molar-refractivity contribution in [1.82, 2.24) is 20.4 Å². The van der Waals surface area contributed by atoms with E-state index in [0.29, 0.717) is 0 Å². The van der Waals surface area contributed by atoms with Crippen LogP contribution < -0.4 is 10.6 Å². The molecule has 23 heavy (non-hydrogen) atoms. The Labute approximate surface area is 138 Å². The topological polar surface area (TPSA) is 54.2 Å². The van der Waals surface area contributed by atoms with E-state index in [9.17, 15) is 0 Å². The van der Waals surface area contributed by atoms with Crippen LogP contribution in [0.2, 0.25) is 0 Å². The van der Waals surface area contributed by atoms with E-state index in [2.05, 4.69) is 65.8 Å². The van der Waals surface area contributed by atoms with Crippen LogP contribution in [-0.2, 0) is 20.0 Å². The van der Waals surface area contributed by atoms with Crippen molar-refractivity contribution in [1.29, 1.82) is 0 Å². The van der Waals surface area contributed by atoms with Crippen LogP contribution in [0.25, 0.3) is 0 Å². The van der Waals surface area contributed by atoms with Crippen molar-refractivity contribution < 1.29 is 0 Å². The summed E-state index contributed by atoms with van der Waals surface area (Å²) in [5.74, 6) is 0.825. The Morgan fingerprint density at radius 2 is 2.00 bits per heavy atom. The number of aliphatic imine (C=N–C) groups is 1. The molecule has 0 saturated heterocycles. The molecule has 5 heteroatoms. The minimum absolute atomic E-state index is 0.770. The number of aromatic nitrogens is 2. The van der Waals surface area contributed by atoms with E-state index in [1.54, 1.807) is 7.05 Å². The quantitative estimate of drug-likeness (QED) is 0.657. The molecule has 0 fully saturated rings. The van der Waals surface area contributed by atoms with Gasteiger partial charge in [0.25, 0.3) is 0 Å². The molecule has 0 radical (unpaired) electrons. The van der Waals surface area contributed by atoms with Crippen molar-refractivity contribution in [3.63, 3.8) is 0 Å². The summed E-state index contributed by atoms with van der Waals surface area (Å²) in [6.45, 7) is 7.88. The molecule has 2 aromatic rings. The Balaban J connectivity index is 1.83. The molecule has 1 heterocycles. The van der Waals surface area contributed by atoms with Crippen LogP contribution in [-0.4, -0.2) is 29.3 Å². The van der Waals surface area contributed by atoms with E-state index in [1.807, 2.05) is 11.7 Å². The normalized spacial score (nSPS) is 11.6. The van der Waals surface area contributed by atoms with Gasteiger partial charge in [-0.25, -0.2) is 0 Å². The van der Waals surface area contributed by atoms with Crippen molar-refractivity contribution in [2.45, 2.75) is 33.7 Å². The minimum atomic E-state index is 0.770. The van der Waals surface area contributed by atoms with Crippen LogP contribution in [0.3, 0.4) is 0 Å². The van der Waals surface area contributed by atoms with Crippen LogP contribution in [0.1, 0.15) is 28.1 Å². The molecule has 0 aliphatic rings. The highest BCUT2D eigenvalue weighted by Gasteiger charge is 2.09. The van der Waals surface area contributed by atoms with Gasteiger partial charge in [0.05, 0.1) is 5.69 Å². The molecule has 1 aromatic heterocycles. The van der Waals surface area contributed by atoms with Crippen molar-refractivity contribution >= 4 is 5.96 Å². The largest absolute Gasteiger partial charge is 0.356 e. The Morgan fingerprint density at radius 3 is 2.61 bits per heavy atom. The number of benzene rings is 1. The van der Waals surface area contributed by atoms with Gasteiger partial charge in [-0.1, -0.05) is 29.8 Å². The van der Waals surface area contributed by atoms with Crippen LogP contribution in [0.4, 0.5) is 0 Å². The number of guanidine groups is 1. The molecule has 0 saturated carbocycles. The van der Waals surface area contributed by atoms with Crippen molar-refractivity contribution in [3.05, 3.63) is 52.3 Å². The Kier molecular flexibility index (Phi) is 5.79. The van der Waals surface area contributed by atoms with Gasteiger partial charge >= 0.3 is 0 Å². The number of hydrogen-bond acceptors (Lipinski definition) is 2. The molecule has 2 N–H and O–H groups in total. The molecule has 2 rings (SSSR count). The van der Waals surface area contributed by atoms with Gasteiger partial charge in [-0.3, -0.25) is 9.67 Å². The van der Waals surface area contributed by atoms with E-state index in [-0.39, 0.29) is 0 Å². The standard InChI is InChI=1S/C18H27N5/c1-13-7-6-8-16(11-13)12-21-18(19-4)20-10-9-17-14(2)22-23(5)15(17)3/h6-8,11H,9-10,12H2,1-5H3,(H2,19,20,21). The highest BCUT2D eigenvalue weighted by Crippen LogP contribution is 2.11. The van der Waals surface area contributed by atoms with Gasteiger partial charge in [-0.05, 0) is 38.3 Å². The maximum atomic E-state index is 4.46. The second-order valence-corrected chi connectivity index (χ2v) is 5.86. The molecule has 124 valence electrons. The van der Waals surface area contributed by atoms with Crippen LogP contribution in [0.5, 0.6) is 0 Å². The fourth-order valence-electron chi connectivity index (χ4n) is 2.71. The van der Waals surface area contributed by atoms with Gasteiger partial charge in [0.15, 0.2) is 5.96 Å². The van der Waals surface area contributed by atoms with E-state index < -0.39 is 0 Å². The first-order valence-corrected chi connectivity index (χ1v) is 8.00. The second-order valence-electron chi connectivity index (χ2n) is 5.86. The summed E-state index contributed by atoms with van der Waals surface area (Å²) < 4.78 is 1.94. The molecule has 5 nitrogen and oxygen atoms in total. The number of aryl methyl sites for hydroxylation is 3. The van der Waals surface area contributed by atoms with Gasteiger partial charge in [-0.15, -0.1) is 0 Å². The second kappa shape index (κ2) is 7.81. The number of nitrogens with one attached hydrogen (secondary N) is 2. The van der Waals surface area contributed by atoms with Crippen LogP contribution >= 0.6 is 0 Å². The highest BCUT2D eigenvalue weighted by atomic mass is 15.3. The summed E-state index contributed by atoms with van der Waals surface area (Å²) in [7, 11) is 3.79. The average Bonchev–Trinajstić information content (AvgIpc) is 2.76. The van der Waals surface area contributed by atoms with Gasteiger partial charge in [0.2, 0.25) is 0 Å². The zero-order valence-electron chi connectivity index (χ0n) is 14.8.